The van der Waals surface area contributed by atoms with Crippen LogP contribution in [0.15, 0.2) is 16.9 Å². The van der Waals surface area contributed by atoms with Crippen LogP contribution in [-0.4, -0.2) is 52.0 Å². The standard InChI is InChI=1S/C20H30N6O2/c1-13(2)19-16(5-4-10-27-19)24-17-11-18(22-12-21-17)26-8-6-15(7-9-26)20-23-14(3)25-28-20/h11-13,15-16,19H,4-10H2,1-3H3,(H,21,22,24)/t16-,19-/m0/s1. The number of anilines is 2. The second-order valence-corrected chi connectivity index (χ2v) is 8.18. The summed E-state index contributed by atoms with van der Waals surface area (Å²) in [5.41, 5.74) is 0. The lowest BCUT2D eigenvalue weighted by molar-refractivity contribution is -0.0203. The van der Waals surface area contributed by atoms with E-state index in [0.29, 0.717) is 23.7 Å². The van der Waals surface area contributed by atoms with E-state index in [4.69, 9.17) is 9.26 Å². The molecule has 28 heavy (non-hydrogen) atoms. The second-order valence-electron chi connectivity index (χ2n) is 8.18. The Balaban J connectivity index is 1.39. The quantitative estimate of drug-likeness (QED) is 0.838. The van der Waals surface area contributed by atoms with Crippen molar-refractivity contribution >= 4 is 11.6 Å². The molecule has 2 aliphatic rings. The highest BCUT2D eigenvalue weighted by atomic mass is 16.5. The summed E-state index contributed by atoms with van der Waals surface area (Å²) in [5.74, 6) is 4.13. The SMILES string of the molecule is Cc1noc(C2CCN(c3cc(N[C@H]4CCCO[C@H]4C(C)C)ncn3)CC2)n1. The van der Waals surface area contributed by atoms with Crippen LogP contribution in [0.3, 0.4) is 0 Å². The van der Waals surface area contributed by atoms with Crippen LogP contribution in [0, 0.1) is 12.8 Å². The maximum Gasteiger partial charge on any atom is 0.229 e. The van der Waals surface area contributed by atoms with Gasteiger partial charge < -0.3 is 19.5 Å². The highest BCUT2D eigenvalue weighted by molar-refractivity contribution is 5.49. The van der Waals surface area contributed by atoms with Crippen LogP contribution in [0.4, 0.5) is 11.6 Å². The van der Waals surface area contributed by atoms with Crippen molar-refractivity contribution in [1.29, 1.82) is 0 Å². The third kappa shape index (κ3) is 4.27. The first-order valence-electron chi connectivity index (χ1n) is 10.4. The van der Waals surface area contributed by atoms with E-state index in [0.717, 1.165) is 62.9 Å². The summed E-state index contributed by atoms with van der Waals surface area (Å²) in [6.45, 7) is 8.98. The Hall–Kier alpha value is -2.22. The molecule has 2 aromatic rings. The number of aromatic nitrogens is 4. The van der Waals surface area contributed by atoms with Gasteiger partial charge in [0.2, 0.25) is 5.89 Å². The van der Waals surface area contributed by atoms with Crippen LogP contribution in [-0.2, 0) is 4.74 Å². The lowest BCUT2D eigenvalue weighted by Crippen LogP contribution is -2.43. The molecule has 0 unspecified atom stereocenters. The molecule has 8 nitrogen and oxygen atoms in total. The van der Waals surface area contributed by atoms with Crippen molar-refractivity contribution in [3.63, 3.8) is 0 Å². The van der Waals surface area contributed by atoms with Gasteiger partial charge in [-0.05, 0) is 38.5 Å². The van der Waals surface area contributed by atoms with E-state index in [-0.39, 0.29) is 6.10 Å². The topological polar surface area (TPSA) is 89.2 Å². The summed E-state index contributed by atoms with van der Waals surface area (Å²) in [4.78, 5) is 15.7. The van der Waals surface area contributed by atoms with Crippen molar-refractivity contribution < 1.29 is 9.26 Å². The molecule has 0 bridgehead atoms. The molecular formula is C20H30N6O2. The summed E-state index contributed by atoms with van der Waals surface area (Å²) >= 11 is 0. The van der Waals surface area contributed by atoms with E-state index >= 15 is 0 Å². The van der Waals surface area contributed by atoms with E-state index < -0.39 is 0 Å². The van der Waals surface area contributed by atoms with Crippen molar-refractivity contribution in [2.75, 3.05) is 29.9 Å². The molecule has 4 heterocycles. The van der Waals surface area contributed by atoms with Gasteiger partial charge in [-0.2, -0.15) is 4.98 Å². The van der Waals surface area contributed by atoms with Crippen LogP contribution in [0.5, 0.6) is 0 Å². The third-order valence-electron chi connectivity index (χ3n) is 5.72. The third-order valence-corrected chi connectivity index (χ3v) is 5.72. The average Bonchev–Trinajstić information content (AvgIpc) is 3.15. The van der Waals surface area contributed by atoms with Crippen LogP contribution >= 0.6 is 0 Å². The van der Waals surface area contributed by atoms with Gasteiger partial charge in [0.1, 0.15) is 18.0 Å². The van der Waals surface area contributed by atoms with E-state index in [1.807, 2.05) is 6.92 Å². The molecule has 2 aromatic heterocycles. The lowest BCUT2D eigenvalue weighted by Gasteiger charge is -2.35. The molecule has 0 amide bonds. The molecule has 8 heteroatoms. The fourth-order valence-corrected chi connectivity index (χ4v) is 4.24. The first-order valence-corrected chi connectivity index (χ1v) is 10.4. The van der Waals surface area contributed by atoms with Crippen LogP contribution in [0.1, 0.15) is 57.2 Å². The second kappa shape index (κ2) is 8.43. The van der Waals surface area contributed by atoms with Gasteiger partial charge in [-0.1, -0.05) is 19.0 Å². The van der Waals surface area contributed by atoms with Gasteiger partial charge in [-0.15, -0.1) is 0 Å². The van der Waals surface area contributed by atoms with Crippen molar-refractivity contribution in [3.8, 4) is 0 Å². The van der Waals surface area contributed by atoms with E-state index in [2.05, 4.69) is 50.2 Å². The van der Waals surface area contributed by atoms with E-state index in [1.54, 1.807) is 6.33 Å². The summed E-state index contributed by atoms with van der Waals surface area (Å²) in [7, 11) is 0. The minimum absolute atomic E-state index is 0.223. The zero-order chi connectivity index (χ0) is 19.5. The normalized spacial score (nSPS) is 23.9. The Bertz CT molecular complexity index is 772. The number of hydrogen-bond acceptors (Lipinski definition) is 8. The highest BCUT2D eigenvalue weighted by Crippen LogP contribution is 2.30. The van der Waals surface area contributed by atoms with Crippen molar-refractivity contribution in [1.82, 2.24) is 20.1 Å². The fourth-order valence-electron chi connectivity index (χ4n) is 4.24. The van der Waals surface area contributed by atoms with Crippen molar-refractivity contribution in [2.24, 2.45) is 5.92 Å². The first kappa shape index (κ1) is 19.1. The number of nitrogens with one attached hydrogen (secondary N) is 1. The maximum absolute atomic E-state index is 5.99. The Labute approximate surface area is 166 Å². The zero-order valence-corrected chi connectivity index (χ0v) is 17.0. The molecule has 4 rings (SSSR count). The molecule has 0 radical (unpaired) electrons. The Morgan fingerprint density at radius 2 is 2.00 bits per heavy atom. The minimum atomic E-state index is 0.223. The van der Waals surface area contributed by atoms with E-state index in [9.17, 15) is 0 Å². The molecule has 2 saturated heterocycles. The smallest absolute Gasteiger partial charge is 0.229 e. The van der Waals surface area contributed by atoms with Crippen LogP contribution in [0.2, 0.25) is 0 Å². The zero-order valence-electron chi connectivity index (χ0n) is 17.0. The summed E-state index contributed by atoms with van der Waals surface area (Å²) in [5, 5.41) is 7.51. The number of rotatable bonds is 5. The van der Waals surface area contributed by atoms with E-state index in [1.165, 1.54) is 0 Å². The molecule has 152 valence electrons. The Morgan fingerprint density at radius 3 is 2.71 bits per heavy atom. The predicted molar refractivity (Wildman–Crippen MR) is 106 cm³/mol. The van der Waals surface area contributed by atoms with Gasteiger partial charge >= 0.3 is 0 Å². The van der Waals surface area contributed by atoms with Gasteiger partial charge in [0.25, 0.3) is 0 Å². The van der Waals surface area contributed by atoms with Crippen LogP contribution < -0.4 is 10.2 Å². The van der Waals surface area contributed by atoms with Gasteiger partial charge in [0.05, 0.1) is 12.1 Å². The van der Waals surface area contributed by atoms with Crippen molar-refractivity contribution in [2.45, 2.75) is 64.5 Å². The number of nitrogens with zero attached hydrogens (tertiary/aromatic N) is 5. The van der Waals surface area contributed by atoms with Gasteiger partial charge in [-0.3, -0.25) is 0 Å². The lowest BCUT2D eigenvalue weighted by atomic mass is 9.93. The largest absolute Gasteiger partial charge is 0.376 e. The maximum atomic E-state index is 5.99. The van der Waals surface area contributed by atoms with Gasteiger partial charge in [0.15, 0.2) is 5.82 Å². The predicted octanol–water partition coefficient (Wildman–Crippen LogP) is 3.17. The van der Waals surface area contributed by atoms with Gasteiger partial charge in [-0.25, -0.2) is 9.97 Å². The molecule has 2 aliphatic heterocycles. The summed E-state index contributed by atoms with van der Waals surface area (Å²) in [6, 6.07) is 2.35. The fraction of sp³-hybridized carbons (Fsp3) is 0.700. The summed E-state index contributed by atoms with van der Waals surface area (Å²) in [6.07, 6.45) is 6.04. The number of aryl methyl sites for hydroxylation is 1. The molecule has 0 saturated carbocycles. The molecule has 0 spiro atoms. The molecule has 1 N–H and O–H groups in total. The molecular weight excluding hydrogens is 356 g/mol. The molecule has 0 aromatic carbocycles. The Kier molecular flexibility index (Phi) is 5.75. The van der Waals surface area contributed by atoms with Crippen LogP contribution in [0.25, 0.3) is 0 Å². The first-order chi connectivity index (χ1) is 13.6. The molecule has 2 atom stereocenters. The number of hydrogen-bond donors (Lipinski definition) is 1. The van der Waals surface area contributed by atoms with Gasteiger partial charge in [0, 0.05) is 31.7 Å². The number of piperidine rings is 1. The Morgan fingerprint density at radius 1 is 1.18 bits per heavy atom. The molecule has 0 aliphatic carbocycles. The average molecular weight is 387 g/mol. The highest BCUT2D eigenvalue weighted by Gasteiger charge is 2.29. The monoisotopic (exact) mass is 386 g/mol. The minimum Gasteiger partial charge on any atom is -0.376 e. The summed E-state index contributed by atoms with van der Waals surface area (Å²) < 4.78 is 11.3. The van der Waals surface area contributed by atoms with Crippen molar-refractivity contribution in [3.05, 3.63) is 24.1 Å². The molecule has 2 fully saturated rings. The number of ether oxygens (including phenoxy) is 1.